The van der Waals surface area contributed by atoms with E-state index in [4.69, 9.17) is 0 Å². The highest BCUT2D eigenvalue weighted by Crippen LogP contribution is 2.29. The van der Waals surface area contributed by atoms with Gasteiger partial charge in [-0.05, 0) is 30.2 Å². The van der Waals surface area contributed by atoms with Crippen LogP contribution in [0.5, 0.6) is 0 Å². The summed E-state index contributed by atoms with van der Waals surface area (Å²) in [7, 11) is 0. The number of hydrogen-bond donors (Lipinski definition) is 1. The van der Waals surface area contributed by atoms with Gasteiger partial charge in [-0.15, -0.1) is 0 Å². The summed E-state index contributed by atoms with van der Waals surface area (Å²) >= 11 is 0. The predicted molar refractivity (Wildman–Crippen MR) is 59.5 cm³/mol. The van der Waals surface area contributed by atoms with E-state index in [2.05, 4.69) is 5.32 Å². The van der Waals surface area contributed by atoms with E-state index in [0.717, 1.165) is 12.1 Å². The van der Waals surface area contributed by atoms with Crippen LogP contribution in [-0.2, 0) is 11.0 Å². The summed E-state index contributed by atoms with van der Waals surface area (Å²) in [5.74, 6) is 0.0178. The van der Waals surface area contributed by atoms with Crippen LogP contribution in [0.4, 0.5) is 18.9 Å². The summed E-state index contributed by atoms with van der Waals surface area (Å²) in [6, 6.07) is 4.40. The second-order valence-electron chi connectivity index (χ2n) is 4.22. The predicted octanol–water partition coefficient (Wildman–Crippen LogP) is 3.69. The van der Waals surface area contributed by atoms with Crippen molar-refractivity contribution in [2.45, 2.75) is 26.4 Å². The van der Waals surface area contributed by atoms with Crippen molar-refractivity contribution in [1.29, 1.82) is 0 Å². The topological polar surface area (TPSA) is 29.1 Å². The van der Waals surface area contributed by atoms with Crippen LogP contribution in [-0.4, -0.2) is 5.91 Å². The molecule has 0 spiro atoms. The average Bonchev–Trinajstić information content (AvgIpc) is 2.15. The Bertz CT molecular complexity index is 382. The zero-order valence-corrected chi connectivity index (χ0v) is 9.64. The Morgan fingerprint density at radius 2 is 1.76 bits per heavy atom. The van der Waals surface area contributed by atoms with Gasteiger partial charge >= 0.3 is 6.18 Å². The highest BCUT2D eigenvalue weighted by Gasteiger charge is 2.29. The molecule has 0 heterocycles. The van der Waals surface area contributed by atoms with Gasteiger partial charge in [-0.25, -0.2) is 0 Å². The first-order valence-corrected chi connectivity index (χ1v) is 5.26. The van der Waals surface area contributed by atoms with Gasteiger partial charge in [-0.3, -0.25) is 4.79 Å². The number of nitrogens with one attached hydrogen (secondary N) is 1. The molecule has 1 N–H and O–H groups in total. The van der Waals surface area contributed by atoms with Crippen molar-refractivity contribution < 1.29 is 18.0 Å². The Morgan fingerprint density at radius 1 is 1.24 bits per heavy atom. The number of carbonyl (C=O) groups excluding carboxylic acids is 1. The van der Waals surface area contributed by atoms with Gasteiger partial charge in [0.15, 0.2) is 0 Å². The van der Waals surface area contributed by atoms with Crippen LogP contribution in [0, 0.1) is 5.92 Å². The smallest absolute Gasteiger partial charge is 0.326 e. The molecule has 1 amide bonds. The Kier molecular flexibility index (Phi) is 4.15. The molecule has 0 saturated carbocycles. The number of amides is 1. The van der Waals surface area contributed by atoms with E-state index < -0.39 is 11.7 Å². The Balaban J connectivity index is 2.66. The number of alkyl halides is 3. The number of rotatable bonds is 3. The fourth-order valence-electron chi connectivity index (χ4n) is 1.33. The second-order valence-corrected chi connectivity index (χ2v) is 4.22. The Morgan fingerprint density at radius 3 is 2.18 bits per heavy atom. The number of anilines is 1. The highest BCUT2D eigenvalue weighted by atomic mass is 19.4. The molecule has 1 aromatic carbocycles. The molecule has 0 aromatic heterocycles. The zero-order valence-electron chi connectivity index (χ0n) is 9.64. The minimum Gasteiger partial charge on any atom is -0.326 e. The number of benzene rings is 1. The third-order valence-corrected chi connectivity index (χ3v) is 2.09. The van der Waals surface area contributed by atoms with Crippen molar-refractivity contribution in [3.05, 3.63) is 29.8 Å². The molecule has 94 valence electrons. The van der Waals surface area contributed by atoms with E-state index >= 15 is 0 Å². The van der Waals surface area contributed by atoms with Crippen molar-refractivity contribution >= 4 is 11.6 Å². The first-order valence-electron chi connectivity index (χ1n) is 5.26. The average molecular weight is 245 g/mol. The minimum absolute atomic E-state index is 0.195. The van der Waals surface area contributed by atoms with E-state index in [-0.39, 0.29) is 11.8 Å². The van der Waals surface area contributed by atoms with Gasteiger partial charge in [0, 0.05) is 12.1 Å². The van der Waals surface area contributed by atoms with E-state index in [9.17, 15) is 18.0 Å². The summed E-state index contributed by atoms with van der Waals surface area (Å²) in [4.78, 5) is 11.4. The molecule has 17 heavy (non-hydrogen) atoms. The van der Waals surface area contributed by atoms with Crippen molar-refractivity contribution in [3.63, 3.8) is 0 Å². The van der Waals surface area contributed by atoms with Crippen molar-refractivity contribution in [2.24, 2.45) is 5.92 Å². The molecule has 2 nitrogen and oxygen atoms in total. The van der Waals surface area contributed by atoms with Crippen LogP contribution in [0.3, 0.4) is 0 Å². The van der Waals surface area contributed by atoms with E-state index in [0.29, 0.717) is 12.1 Å². The van der Waals surface area contributed by atoms with Crippen LogP contribution in [0.1, 0.15) is 25.8 Å². The molecule has 0 atom stereocenters. The number of carbonyl (C=O) groups is 1. The van der Waals surface area contributed by atoms with Crippen LogP contribution < -0.4 is 5.32 Å². The fraction of sp³-hybridized carbons (Fsp3) is 0.417. The van der Waals surface area contributed by atoms with Gasteiger partial charge in [0.25, 0.3) is 0 Å². The maximum absolute atomic E-state index is 12.3. The quantitative estimate of drug-likeness (QED) is 0.864. The largest absolute Gasteiger partial charge is 0.416 e. The molecule has 0 unspecified atom stereocenters. The van der Waals surface area contributed by atoms with Crippen LogP contribution >= 0.6 is 0 Å². The highest BCUT2D eigenvalue weighted by molar-refractivity contribution is 5.90. The Hall–Kier alpha value is -1.52. The number of hydrogen-bond acceptors (Lipinski definition) is 1. The molecular formula is C12H14F3NO. The molecule has 5 heteroatoms. The van der Waals surface area contributed by atoms with Crippen molar-refractivity contribution in [1.82, 2.24) is 0 Å². The third kappa shape index (κ3) is 4.46. The molecule has 0 saturated heterocycles. The lowest BCUT2D eigenvalue weighted by atomic mass is 10.1. The standard InChI is InChI=1S/C12H14F3NO/c1-8(2)7-11(17)16-10-5-3-9(4-6-10)12(13,14)15/h3-6,8H,7H2,1-2H3,(H,16,17). The molecule has 0 radical (unpaired) electrons. The van der Waals surface area contributed by atoms with Gasteiger partial charge in [0.1, 0.15) is 0 Å². The second kappa shape index (κ2) is 5.21. The first kappa shape index (κ1) is 13.5. The first-order chi connectivity index (χ1) is 7.79. The van der Waals surface area contributed by atoms with Gasteiger partial charge in [0.2, 0.25) is 5.91 Å². The molecule has 0 bridgehead atoms. The number of halogens is 3. The van der Waals surface area contributed by atoms with E-state index in [1.165, 1.54) is 12.1 Å². The summed E-state index contributed by atoms with van der Waals surface area (Å²) in [6.07, 6.45) is -4.00. The van der Waals surface area contributed by atoms with Crippen molar-refractivity contribution in [2.75, 3.05) is 5.32 Å². The summed E-state index contributed by atoms with van der Waals surface area (Å²) < 4.78 is 36.8. The van der Waals surface area contributed by atoms with Crippen LogP contribution in [0.15, 0.2) is 24.3 Å². The molecule has 0 aliphatic heterocycles. The van der Waals surface area contributed by atoms with Gasteiger partial charge in [-0.1, -0.05) is 13.8 Å². The monoisotopic (exact) mass is 245 g/mol. The molecule has 0 aliphatic carbocycles. The van der Waals surface area contributed by atoms with Crippen LogP contribution in [0.2, 0.25) is 0 Å². The lowest BCUT2D eigenvalue weighted by molar-refractivity contribution is -0.137. The van der Waals surface area contributed by atoms with E-state index in [1.807, 2.05) is 13.8 Å². The maximum atomic E-state index is 12.3. The van der Waals surface area contributed by atoms with Crippen molar-refractivity contribution in [3.8, 4) is 0 Å². The summed E-state index contributed by atoms with van der Waals surface area (Å²) in [5, 5.41) is 2.55. The molecule has 0 aliphatic rings. The van der Waals surface area contributed by atoms with E-state index in [1.54, 1.807) is 0 Å². The summed E-state index contributed by atoms with van der Waals surface area (Å²) in [5.41, 5.74) is -0.344. The lowest BCUT2D eigenvalue weighted by Crippen LogP contribution is -2.14. The van der Waals surface area contributed by atoms with Crippen LogP contribution in [0.25, 0.3) is 0 Å². The molecule has 1 rings (SSSR count). The lowest BCUT2D eigenvalue weighted by Gasteiger charge is -2.09. The molecule has 1 aromatic rings. The molecule has 0 fully saturated rings. The SMILES string of the molecule is CC(C)CC(=O)Nc1ccc(C(F)(F)F)cc1. The minimum atomic E-state index is -4.35. The Labute approximate surface area is 97.8 Å². The van der Waals surface area contributed by atoms with Gasteiger partial charge in [-0.2, -0.15) is 13.2 Å². The third-order valence-electron chi connectivity index (χ3n) is 2.09. The van der Waals surface area contributed by atoms with Gasteiger partial charge in [0.05, 0.1) is 5.56 Å². The zero-order chi connectivity index (χ0) is 13.1. The van der Waals surface area contributed by atoms with Gasteiger partial charge < -0.3 is 5.32 Å². The normalized spacial score (nSPS) is 11.6. The summed E-state index contributed by atoms with van der Waals surface area (Å²) in [6.45, 7) is 3.79. The fourth-order valence-corrected chi connectivity index (χ4v) is 1.33. The maximum Gasteiger partial charge on any atom is 0.416 e. The molecular weight excluding hydrogens is 231 g/mol.